The van der Waals surface area contributed by atoms with Crippen LogP contribution >= 0.6 is 0 Å². The second-order valence-corrected chi connectivity index (χ2v) is 6.94. The molecule has 0 radical (unpaired) electrons. The Kier molecular flexibility index (Phi) is 5.04. The van der Waals surface area contributed by atoms with Crippen molar-refractivity contribution in [1.29, 1.82) is 0 Å². The summed E-state index contributed by atoms with van der Waals surface area (Å²) in [6.45, 7) is 11.2. The topological polar surface area (TPSA) is 63.3 Å². The predicted molar refractivity (Wildman–Crippen MR) is 97.8 cm³/mol. The van der Waals surface area contributed by atoms with Crippen LogP contribution in [0.3, 0.4) is 0 Å². The van der Waals surface area contributed by atoms with E-state index in [9.17, 15) is 0 Å². The molecule has 0 atom stereocenters. The molecule has 0 saturated carbocycles. The molecule has 1 heterocycles. The number of rotatable bonds is 3. The average molecular weight is 310 g/mol. The first-order valence-corrected chi connectivity index (χ1v) is 7.86. The summed E-state index contributed by atoms with van der Waals surface area (Å²) >= 11 is 0. The lowest BCUT2D eigenvalue weighted by atomic mass is 9.87. The van der Waals surface area contributed by atoms with Crippen LogP contribution in [-0.2, 0) is 12.0 Å². The minimum absolute atomic E-state index is 0.164. The van der Waals surface area contributed by atoms with Crippen LogP contribution in [0.15, 0.2) is 41.4 Å². The van der Waals surface area contributed by atoms with Crippen LogP contribution in [0, 0.1) is 13.8 Å². The molecule has 3 N–H and O–H groups in total. The first-order chi connectivity index (χ1) is 10.7. The molecule has 0 amide bonds. The third-order valence-corrected chi connectivity index (χ3v) is 3.61. The molecule has 1 aromatic carbocycles. The zero-order valence-electron chi connectivity index (χ0n) is 14.6. The summed E-state index contributed by atoms with van der Waals surface area (Å²) in [7, 11) is 0. The number of nitrogens with zero attached hydrogens (tertiary/aromatic N) is 2. The van der Waals surface area contributed by atoms with Crippen molar-refractivity contribution >= 4 is 11.8 Å². The molecule has 0 aliphatic rings. The summed E-state index contributed by atoms with van der Waals surface area (Å²) in [5, 5.41) is 3.05. The van der Waals surface area contributed by atoms with E-state index in [4.69, 9.17) is 5.73 Å². The molecule has 0 fully saturated rings. The van der Waals surface area contributed by atoms with Gasteiger partial charge in [-0.3, -0.25) is 0 Å². The molecule has 0 spiro atoms. The highest BCUT2D eigenvalue weighted by atomic mass is 15.1. The lowest BCUT2D eigenvalue weighted by molar-refractivity contribution is 0.590. The highest BCUT2D eigenvalue weighted by molar-refractivity contribution is 5.91. The van der Waals surface area contributed by atoms with E-state index >= 15 is 0 Å². The van der Waals surface area contributed by atoms with Gasteiger partial charge in [0.05, 0.1) is 6.54 Å². The quantitative estimate of drug-likeness (QED) is 0.667. The maximum Gasteiger partial charge on any atom is 0.194 e. The summed E-state index contributed by atoms with van der Waals surface area (Å²) in [6.07, 6.45) is 0. The molecule has 4 nitrogen and oxygen atoms in total. The molecule has 0 aliphatic carbocycles. The molecule has 0 unspecified atom stereocenters. The fourth-order valence-corrected chi connectivity index (χ4v) is 2.36. The Hall–Kier alpha value is -2.36. The number of hydrogen-bond acceptors (Lipinski definition) is 2. The summed E-state index contributed by atoms with van der Waals surface area (Å²) in [5.74, 6) is 1.11. The Labute approximate surface area is 138 Å². The number of nitrogens with one attached hydrogen (secondary N) is 1. The van der Waals surface area contributed by atoms with Gasteiger partial charge in [0, 0.05) is 5.69 Å². The summed E-state index contributed by atoms with van der Waals surface area (Å²) in [6, 6.07) is 12.5. The fraction of sp³-hybridized carbons (Fsp3) is 0.368. The molecule has 0 bridgehead atoms. The van der Waals surface area contributed by atoms with Gasteiger partial charge in [0.2, 0.25) is 0 Å². The van der Waals surface area contributed by atoms with Gasteiger partial charge in [0.25, 0.3) is 0 Å². The van der Waals surface area contributed by atoms with E-state index in [0.29, 0.717) is 12.5 Å². The van der Waals surface area contributed by atoms with E-state index in [1.807, 2.05) is 26.0 Å². The van der Waals surface area contributed by atoms with Gasteiger partial charge in [0.15, 0.2) is 5.96 Å². The van der Waals surface area contributed by atoms with E-state index in [1.54, 1.807) is 0 Å². The monoisotopic (exact) mass is 310 g/mol. The molecule has 4 heteroatoms. The van der Waals surface area contributed by atoms with Crippen molar-refractivity contribution in [2.45, 2.75) is 46.6 Å². The maximum absolute atomic E-state index is 5.95. The first-order valence-electron chi connectivity index (χ1n) is 7.86. The molecule has 0 saturated heterocycles. The lowest BCUT2D eigenvalue weighted by Crippen LogP contribution is -2.23. The molecular formula is C19H26N4. The summed E-state index contributed by atoms with van der Waals surface area (Å²) in [5.41, 5.74) is 10.7. The predicted octanol–water partition coefficient (Wildman–Crippen LogP) is 3.92. The first kappa shape index (κ1) is 17.0. The van der Waals surface area contributed by atoms with Gasteiger partial charge < -0.3 is 11.1 Å². The smallest absolute Gasteiger partial charge is 0.194 e. The minimum Gasteiger partial charge on any atom is -0.370 e. The number of hydrogen-bond donors (Lipinski definition) is 2. The van der Waals surface area contributed by atoms with Gasteiger partial charge in [-0.15, -0.1) is 0 Å². The normalized spacial score (nSPS) is 12.3. The van der Waals surface area contributed by atoms with Crippen LogP contribution < -0.4 is 11.1 Å². The van der Waals surface area contributed by atoms with E-state index in [-0.39, 0.29) is 5.41 Å². The summed E-state index contributed by atoms with van der Waals surface area (Å²) in [4.78, 5) is 8.78. The van der Waals surface area contributed by atoms with Crippen LogP contribution in [-0.4, -0.2) is 10.9 Å². The Balaban J connectivity index is 2.01. The van der Waals surface area contributed by atoms with Crippen molar-refractivity contribution in [3.63, 3.8) is 0 Å². The lowest BCUT2D eigenvalue weighted by Gasteiger charge is -2.18. The highest BCUT2D eigenvalue weighted by Crippen LogP contribution is 2.22. The van der Waals surface area contributed by atoms with Crippen LogP contribution in [0.4, 0.5) is 5.82 Å². The van der Waals surface area contributed by atoms with Crippen molar-refractivity contribution in [1.82, 2.24) is 4.98 Å². The second kappa shape index (κ2) is 6.82. The number of aliphatic imine (C=N–C) groups is 1. The van der Waals surface area contributed by atoms with Crippen molar-refractivity contribution < 1.29 is 0 Å². The van der Waals surface area contributed by atoms with E-state index < -0.39 is 0 Å². The van der Waals surface area contributed by atoms with E-state index in [1.165, 1.54) is 5.56 Å². The zero-order chi connectivity index (χ0) is 17.0. The van der Waals surface area contributed by atoms with Crippen LogP contribution in [0.25, 0.3) is 0 Å². The molecule has 0 aliphatic heterocycles. The Morgan fingerprint density at radius 2 is 1.78 bits per heavy atom. The maximum atomic E-state index is 5.95. The second-order valence-electron chi connectivity index (χ2n) is 6.94. The van der Waals surface area contributed by atoms with Gasteiger partial charge in [-0.1, -0.05) is 45.0 Å². The Morgan fingerprint density at radius 3 is 2.35 bits per heavy atom. The van der Waals surface area contributed by atoms with Crippen LogP contribution in [0.2, 0.25) is 0 Å². The third-order valence-electron chi connectivity index (χ3n) is 3.61. The van der Waals surface area contributed by atoms with Gasteiger partial charge >= 0.3 is 0 Å². The number of guanidine groups is 1. The standard InChI is InChI=1S/C19H26N4/c1-13-10-14(2)22-17(11-13)23-18(20)21-12-15-6-8-16(9-7-15)19(3,4)5/h6-11H,12H2,1-5H3,(H3,20,21,22,23). The molecule has 122 valence electrons. The largest absolute Gasteiger partial charge is 0.370 e. The van der Waals surface area contributed by atoms with Gasteiger partial charge in [-0.2, -0.15) is 0 Å². The number of aryl methyl sites for hydroxylation is 2. The molecule has 2 aromatic rings. The number of pyridine rings is 1. The van der Waals surface area contributed by atoms with Crippen LogP contribution in [0.1, 0.15) is 43.2 Å². The van der Waals surface area contributed by atoms with Crippen LogP contribution in [0.5, 0.6) is 0 Å². The Morgan fingerprint density at radius 1 is 1.13 bits per heavy atom. The molecule has 23 heavy (non-hydrogen) atoms. The minimum atomic E-state index is 0.164. The number of aromatic nitrogens is 1. The van der Waals surface area contributed by atoms with Crippen molar-refractivity contribution in [3.05, 3.63) is 58.8 Å². The number of anilines is 1. The highest BCUT2D eigenvalue weighted by Gasteiger charge is 2.12. The van der Waals surface area contributed by atoms with Gasteiger partial charge in [-0.05, 0) is 48.1 Å². The zero-order valence-corrected chi connectivity index (χ0v) is 14.6. The number of benzene rings is 1. The fourth-order valence-electron chi connectivity index (χ4n) is 2.36. The average Bonchev–Trinajstić information content (AvgIpc) is 2.43. The Bertz CT molecular complexity index is 674. The molecule has 2 rings (SSSR count). The molecule has 1 aromatic heterocycles. The van der Waals surface area contributed by atoms with Gasteiger partial charge in [0.1, 0.15) is 5.82 Å². The van der Waals surface area contributed by atoms with Crippen molar-refractivity contribution in [2.75, 3.05) is 5.32 Å². The third kappa shape index (κ3) is 5.09. The van der Waals surface area contributed by atoms with E-state index in [0.717, 1.165) is 22.6 Å². The van der Waals surface area contributed by atoms with Crippen molar-refractivity contribution in [2.24, 2.45) is 10.7 Å². The SMILES string of the molecule is Cc1cc(C)nc(NC(N)=NCc2ccc(C(C)(C)C)cc2)c1. The molecular weight excluding hydrogens is 284 g/mol. The van der Waals surface area contributed by atoms with Crippen molar-refractivity contribution in [3.8, 4) is 0 Å². The number of nitrogens with two attached hydrogens (primary N) is 1. The summed E-state index contributed by atoms with van der Waals surface area (Å²) < 4.78 is 0. The van der Waals surface area contributed by atoms with E-state index in [2.05, 4.69) is 60.3 Å². The van der Waals surface area contributed by atoms with Gasteiger partial charge in [-0.25, -0.2) is 9.98 Å².